The molecule has 198 valence electrons. The highest BCUT2D eigenvalue weighted by Crippen LogP contribution is 2.48. The number of benzene rings is 1. The Labute approximate surface area is 226 Å². The highest BCUT2D eigenvalue weighted by molar-refractivity contribution is 5.81. The van der Waals surface area contributed by atoms with Crippen LogP contribution in [0.5, 0.6) is 0 Å². The molecule has 2 aromatic heterocycles. The lowest BCUT2D eigenvalue weighted by Crippen LogP contribution is -2.38. The molecular weight excluding hydrogens is 448 g/mol. The van der Waals surface area contributed by atoms with Crippen molar-refractivity contribution in [2.45, 2.75) is 123 Å². The van der Waals surface area contributed by atoms with Crippen molar-refractivity contribution in [3.63, 3.8) is 0 Å². The Hall–Kier alpha value is -2.48. The molecule has 0 saturated carbocycles. The topological polar surface area (TPSA) is 7.76 Å². The number of rotatable bonds is 15. The smallest absolute Gasteiger partial charge is 0.205 e. The number of pyridine rings is 2. The third kappa shape index (κ3) is 6.70. The Balaban J connectivity index is 1.57. The third-order valence-electron chi connectivity index (χ3n) is 8.41. The fourth-order valence-electron chi connectivity index (χ4n) is 6.05. The Kier molecular flexibility index (Phi) is 9.95. The number of fused-ring (bicyclic) bond motifs is 3. The molecule has 2 heterocycles. The lowest BCUT2D eigenvalue weighted by molar-refractivity contribution is -0.697. The summed E-state index contributed by atoms with van der Waals surface area (Å²) in [4.78, 5) is 0. The van der Waals surface area contributed by atoms with Gasteiger partial charge in [0, 0.05) is 47.1 Å². The van der Waals surface area contributed by atoms with Crippen molar-refractivity contribution in [2.24, 2.45) is 0 Å². The van der Waals surface area contributed by atoms with Crippen LogP contribution in [-0.4, -0.2) is 0 Å². The van der Waals surface area contributed by atoms with Gasteiger partial charge in [-0.05, 0) is 36.1 Å². The molecule has 2 heteroatoms. The van der Waals surface area contributed by atoms with Gasteiger partial charge in [0.1, 0.15) is 13.1 Å². The lowest BCUT2D eigenvalue weighted by Gasteiger charge is -2.19. The first kappa shape index (κ1) is 27.6. The summed E-state index contributed by atoms with van der Waals surface area (Å²) in [5.74, 6) is 0. The van der Waals surface area contributed by atoms with Gasteiger partial charge in [0.05, 0.1) is 0 Å². The average Bonchev–Trinajstić information content (AvgIpc) is 3.13. The molecule has 1 aliphatic rings. The van der Waals surface area contributed by atoms with Crippen LogP contribution in [0.15, 0.2) is 61.1 Å². The van der Waals surface area contributed by atoms with E-state index < -0.39 is 0 Å². The molecule has 0 N–H and O–H groups in total. The van der Waals surface area contributed by atoms with Gasteiger partial charge in [-0.1, -0.05) is 97.3 Å². The van der Waals surface area contributed by atoms with Crippen molar-refractivity contribution < 1.29 is 9.13 Å². The Bertz CT molecular complexity index is 1130. The first-order valence-electron chi connectivity index (χ1n) is 15.2. The van der Waals surface area contributed by atoms with Crippen LogP contribution < -0.4 is 9.13 Å². The van der Waals surface area contributed by atoms with Gasteiger partial charge in [0.15, 0.2) is 18.6 Å². The monoisotopic (exact) mass is 498 g/mol. The molecule has 0 fully saturated rings. The molecule has 0 unspecified atom stereocenters. The Morgan fingerprint density at radius 3 is 1.89 bits per heavy atom. The average molecular weight is 499 g/mol. The van der Waals surface area contributed by atoms with Crippen LogP contribution in [-0.2, 0) is 18.5 Å². The molecule has 0 saturated heterocycles. The van der Waals surface area contributed by atoms with Crippen LogP contribution in [0.3, 0.4) is 0 Å². The van der Waals surface area contributed by atoms with E-state index in [2.05, 4.69) is 97.9 Å². The summed E-state index contributed by atoms with van der Waals surface area (Å²) in [5, 5.41) is 0. The molecule has 3 aromatic rings. The molecule has 0 radical (unpaired) electrons. The fraction of sp³-hybridized carbons (Fsp3) is 0.543. The molecule has 0 aliphatic heterocycles. The largest absolute Gasteiger partial charge is 0.213 e. The van der Waals surface area contributed by atoms with E-state index in [-0.39, 0.29) is 5.41 Å². The quantitative estimate of drug-likeness (QED) is 0.146. The first-order valence-corrected chi connectivity index (χ1v) is 15.2. The number of aromatic nitrogens is 2. The summed E-state index contributed by atoms with van der Waals surface area (Å²) in [6.45, 7) is 11.6. The summed E-state index contributed by atoms with van der Waals surface area (Å²) in [6.07, 6.45) is 23.3. The number of aryl methyl sites for hydroxylation is 2. The van der Waals surface area contributed by atoms with E-state index in [1.807, 2.05) is 0 Å². The van der Waals surface area contributed by atoms with E-state index in [0.717, 1.165) is 13.1 Å². The highest BCUT2D eigenvalue weighted by Gasteiger charge is 2.40. The summed E-state index contributed by atoms with van der Waals surface area (Å²) in [6, 6.07) is 15.8. The second-order valence-electron chi connectivity index (χ2n) is 11.7. The van der Waals surface area contributed by atoms with Crippen LogP contribution >= 0.6 is 0 Å². The maximum absolute atomic E-state index is 2.55. The maximum Gasteiger partial charge on any atom is 0.213 e. The van der Waals surface area contributed by atoms with Crippen LogP contribution in [0.25, 0.3) is 22.4 Å². The Morgan fingerprint density at radius 1 is 0.622 bits per heavy atom. The zero-order valence-corrected chi connectivity index (χ0v) is 24.1. The van der Waals surface area contributed by atoms with E-state index in [9.17, 15) is 0 Å². The molecule has 0 spiro atoms. The first-order chi connectivity index (χ1) is 18.1. The van der Waals surface area contributed by atoms with Crippen molar-refractivity contribution in [2.75, 3.05) is 0 Å². The van der Waals surface area contributed by atoms with E-state index >= 15 is 0 Å². The predicted octanol–water partition coefficient (Wildman–Crippen LogP) is 8.96. The predicted molar refractivity (Wildman–Crippen MR) is 157 cm³/mol. The van der Waals surface area contributed by atoms with E-state index in [4.69, 9.17) is 0 Å². The molecule has 37 heavy (non-hydrogen) atoms. The second kappa shape index (κ2) is 13.4. The lowest BCUT2D eigenvalue weighted by atomic mass is 9.83. The summed E-state index contributed by atoms with van der Waals surface area (Å²) in [5.41, 5.74) is 8.48. The number of hydrogen-bond acceptors (Lipinski definition) is 0. The van der Waals surface area contributed by atoms with Crippen LogP contribution in [0.4, 0.5) is 0 Å². The van der Waals surface area contributed by atoms with Gasteiger partial charge in [-0.3, -0.25) is 0 Å². The normalized spacial score (nSPS) is 13.5. The van der Waals surface area contributed by atoms with Crippen molar-refractivity contribution in [3.05, 3.63) is 72.2 Å². The molecule has 1 aliphatic carbocycles. The van der Waals surface area contributed by atoms with Crippen LogP contribution in [0, 0.1) is 0 Å². The summed E-state index contributed by atoms with van der Waals surface area (Å²) < 4.78 is 4.99. The molecule has 4 rings (SSSR count). The van der Waals surface area contributed by atoms with Crippen LogP contribution in [0.2, 0.25) is 0 Å². The van der Waals surface area contributed by atoms with E-state index in [1.54, 1.807) is 0 Å². The Morgan fingerprint density at radius 2 is 1.22 bits per heavy atom. The van der Waals surface area contributed by atoms with Gasteiger partial charge in [-0.15, -0.1) is 0 Å². The van der Waals surface area contributed by atoms with Gasteiger partial charge in [0.2, 0.25) is 5.69 Å². The third-order valence-corrected chi connectivity index (χ3v) is 8.41. The van der Waals surface area contributed by atoms with Gasteiger partial charge >= 0.3 is 0 Å². The molecular formula is C35H50N2+2. The van der Waals surface area contributed by atoms with Gasteiger partial charge in [0.25, 0.3) is 0 Å². The molecule has 2 nitrogen and oxygen atoms in total. The van der Waals surface area contributed by atoms with Gasteiger partial charge in [-0.25, -0.2) is 4.57 Å². The van der Waals surface area contributed by atoms with E-state index in [1.165, 1.54) is 111 Å². The van der Waals surface area contributed by atoms with Crippen molar-refractivity contribution in [3.8, 4) is 22.4 Å². The molecule has 0 amide bonds. The van der Waals surface area contributed by atoms with Gasteiger partial charge in [-0.2, -0.15) is 4.57 Å². The number of nitrogens with zero attached hydrogens (tertiary/aromatic N) is 2. The van der Waals surface area contributed by atoms with Crippen molar-refractivity contribution in [1.29, 1.82) is 0 Å². The highest BCUT2D eigenvalue weighted by atomic mass is 15.0. The summed E-state index contributed by atoms with van der Waals surface area (Å²) in [7, 11) is 0. The fourth-order valence-corrected chi connectivity index (χ4v) is 6.05. The second-order valence-corrected chi connectivity index (χ2v) is 11.7. The van der Waals surface area contributed by atoms with Gasteiger partial charge < -0.3 is 0 Å². The standard InChI is InChI=1S/C35H50N2/c1-5-7-9-11-13-18-23-36-25-22-30-31-26-34(29-20-16-15-17-21-29)37(24-19-14-12-10-8-6-2)28-33(31)35(3,4)32(30)27-36/h15-17,20-22,25-28H,5-14,18-19,23-24H2,1-4H3/q+2. The summed E-state index contributed by atoms with van der Waals surface area (Å²) >= 11 is 0. The molecule has 1 aromatic carbocycles. The minimum Gasteiger partial charge on any atom is -0.205 e. The van der Waals surface area contributed by atoms with Crippen molar-refractivity contribution in [1.82, 2.24) is 0 Å². The van der Waals surface area contributed by atoms with Crippen LogP contribution in [0.1, 0.15) is 116 Å². The zero-order valence-electron chi connectivity index (χ0n) is 24.1. The molecule has 0 bridgehead atoms. The zero-order chi connectivity index (χ0) is 26.1. The van der Waals surface area contributed by atoms with Crippen molar-refractivity contribution >= 4 is 0 Å². The molecule has 0 atom stereocenters. The number of unbranched alkanes of at least 4 members (excludes halogenated alkanes) is 10. The minimum absolute atomic E-state index is 0.0207. The van der Waals surface area contributed by atoms with E-state index in [0.29, 0.717) is 0 Å². The number of hydrogen-bond donors (Lipinski definition) is 0. The maximum atomic E-state index is 2.55. The minimum atomic E-state index is 0.0207. The SMILES string of the molecule is CCCCCCCC[n+]1ccc2c(c1)C(C)(C)c1c[n+](CCCCCCCC)c(-c3ccccc3)cc1-2.